The first kappa shape index (κ1) is 22.8. The van der Waals surface area contributed by atoms with Gasteiger partial charge in [-0.3, -0.25) is 14.6 Å². The second kappa shape index (κ2) is 10.5. The third-order valence-corrected chi connectivity index (χ3v) is 5.34. The summed E-state index contributed by atoms with van der Waals surface area (Å²) in [6, 6.07) is 16.0. The van der Waals surface area contributed by atoms with Crippen LogP contribution in [0, 0.1) is 0 Å². The summed E-state index contributed by atoms with van der Waals surface area (Å²) < 4.78 is 11.3. The molecular weight excluding hydrogens is 432 g/mol. The summed E-state index contributed by atoms with van der Waals surface area (Å²) in [5.74, 6) is 0.412. The minimum absolute atomic E-state index is 0.282. The van der Waals surface area contributed by atoms with Crippen molar-refractivity contribution in [1.82, 2.24) is 15.3 Å². The fourth-order valence-electron chi connectivity index (χ4n) is 3.72. The number of fused-ring (bicyclic) bond motifs is 1. The molecule has 4 rings (SSSR count). The Bertz CT molecular complexity index is 1290. The first-order chi connectivity index (χ1) is 16.5. The fourth-order valence-corrected chi connectivity index (χ4v) is 3.72. The van der Waals surface area contributed by atoms with E-state index in [1.54, 1.807) is 37.7 Å². The lowest BCUT2D eigenvalue weighted by molar-refractivity contribution is -0.125. The Morgan fingerprint density at radius 1 is 1.09 bits per heavy atom. The van der Waals surface area contributed by atoms with Gasteiger partial charge in [0.2, 0.25) is 11.8 Å². The van der Waals surface area contributed by atoms with Gasteiger partial charge in [0, 0.05) is 60.2 Å². The number of aromatic amines is 1. The van der Waals surface area contributed by atoms with E-state index in [0.717, 1.165) is 22.0 Å². The summed E-state index contributed by atoms with van der Waals surface area (Å²) in [5, 5.41) is 6.66. The molecule has 0 spiro atoms. The smallest absolute Gasteiger partial charge is 0.247 e. The number of amides is 2. The number of carbonyl (C=O) groups excluding carboxylic acids is 2. The van der Waals surface area contributed by atoms with Crippen molar-refractivity contribution in [3.63, 3.8) is 0 Å². The van der Waals surface area contributed by atoms with Gasteiger partial charge >= 0.3 is 0 Å². The number of H-pyrrole nitrogens is 1. The van der Waals surface area contributed by atoms with Gasteiger partial charge in [-0.15, -0.1) is 0 Å². The largest absolute Gasteiger partial charge is 0.493 e. The van der Waals surface area contributed by atoms with Crippen molar-refractivity contribution in [2.45, 2.75) is 26.0 Å². The highest BCUT2D eigenvalue weighted by Crippen LogP contribution is 2.31. The molecule has 0 bridgehead atoms. The highest BCUT2D eigenvalue weighted by Gasteiger charge is 2.22. The van der Waals surface area contributed by atoms with Crippen molar-refractivity contribution in [2.75, 3.05) is 12.4 Å². The molecule has 34 heavy (non-hydrogen) atoms. The van der Waals surface area contributed by atoms with Gasteiger partial charge in [-0.05, 0) is 29.8 Å². The van der Waals surface area contributed by atoms with E-state index in [1.165, 1.54) is 6.92 Å². The standard InChI is InChI=1S/C26H26N4O4/c1-17(31)29-23(12-19-15-28-22-8-4-3-7-21(19)22)26(32)30-20-9-10-24(33-2)25(13-20)34-16-18-6-5-11-27-14-18/h3-11,13-15,23,28H,12,16H2,1-2H3,(H,29,31)(H,30,32). The van der Waals surface area contributed by atoms with Crippen molar-refractivity contribution in [3.8, 4) is 11.5 Å². The average Bonchev–Trinajstić information content (AvgIpc) is 3.25. The third-order valence-electron chi connectivity index (χ3n) is 5.34. The Labute approximate surface area is 197 Å². The lowest BCUT2D eigenvalue weighted by Crippen LogP contribution is -2.44. The van der Waals surface area contributed by atoms with E-state index < -0.39 is 6.04 Å². The Hall–Kier alpha value is -4.33. The second-order valence-electron chi connectivity index (χ2n) is 7.82. The molecule has 8 heteroatoms. The lowest BCUT2D eigenvalue weighted by atomic mass is 10.0. The Kier molecular flexibility index (Phi) is 7.07. The second-order valence-corrected chi connectivity index (χ2v) is 7.82. The van der Waals surface area contributed by atoms with Crippen LogP contribution in [0.5, 0.6) is 11.5 Å². The minimum atomic E-state index is -0.751. The molecule has 2 aromatic carbocycles. The lowest BCUT2D eigenvalue weighted by Gasteiger charge is -2.18. The van der Waals surface area contributed by atoms with Crippen LogP contribution in [-0.2, 0) is 22.6 Å². The Balaban J connectivity index is 1.50. The maximum atomic E-state index is 13.1. The van der Waals surface area contributed by atoms with Gasteiger partial charge in [0.1, 0.15) is 12.6 Å². The number of nitrogens with one attached hydrogen (secondary N) is 3. The number of benzene rings is 2. The van der Waals surface area contributed by atoms with E-state index in [1.807, 2.05) is 42.6 Å². The molecule has 0 aliphatic rings. The number of carbonyl (C=O) groups is 2. The molecule has 0 saturated carbocycles. The van der Waals surface area contributed by atoms with Crippen LogP contribution in [0.2, 0.25) is 0 Å². The molecule has 3 N–H and O–H groups in total. The number of rotatable bonds is 9. The highest BCUT2D eigenvalue weighted by molar-refractivity contribution is 5.98. The number of anilines is 1. The average molecular weight is 459 g/mol. The predicted molar refractivity (Wildman–Crippen MR) is 130 cm³/mol. The molecule has 1 unspecified atom stereocenters. The molecule has 0 fully saturated rings. The molecule has 174 valence electrons. The molecular formula is C26H26N4O4. The molecule has 1 atom stereocenters. The van der Waals surface area contributed by atoms with Crippen LogP contribution in [0.1, 0.15) is 18.1 Å². The molecule has 2 heterocycles. The number of ether oxygens (including phenoxy) is 2. The predicted octanol–water partition coefficient (Wildman–Crippen LogP) is 3.84. The summed E-state index contributed by atoms with van der Waals surface area (Å²) in [6.45, 7) is 1.70. The number of para-hydroxylation sites is 1. The van der Waals surface area contributed by atoms with Gasteiger partial charge < -0.3 is 25.1 Å². The zero-order chi connectivity index (χ0) is 23.9. The van der Waals surface area contributed by atoms with Crippen LogP contribution < -0.4 is 20.1 Å². The molecule has 0 aliphatic heterocycles. The van der Waals surface area contributed by atoms with E-state index in [4.69, 9.17) is 9.47 Å². The first-order valence-electron chi connectivity index (χ1n) is 10.9. The van der Waals surface area contributed by atoms with Gasteiger partial charge in [-0.1, -0.05) is 24.3 Å². The number of methoxy groups -OCH3 is 1. The zero-order valence-electron chi connectivity index (χ0n) is 19.0. The monoisotopic (exact) mass is 458 g/mol. The van der Waals surface area contributed by atoms with E-state index in [2.05, 4.69) is 20.6 Å². The van der Waals surface area contributed by atoms with E-state index in [-0.39, 0.29) is 11.8 Å². The summed E-state index contributed by atoms with van der Waals surface area (Å²) in [6.07, 6.45) is 5.63. The normalized spacial score (nSPS) is 11.6. The molecule has 8 nitrogen and oxygen atoms in total. The van der Waals surface area contributed by atoms with Gasteiger partial charge in [-0.2, -0.15) is 0 Å². The van der Waals surface area contributed by atoms with Crippen molar-refractivity contribution >= 4 is 28.4 Å². The quantitative estimate of drug-likeness (QED) is 0.353. The summed E-state index contributed by atoms with van der Waals surface area (Å²) >= 11 is 0. The summed E-state index contributed by atoms with van der Waals surface area (Å²) in [5.41, 5.74) is 3.36. The van der Waals surface area contributed by atoms with E-state index in [0.29, 0.717) is 30.2 Å². The number of aromatic nitrogens is 2. The maximum Gasteiger partial charge on any atom is 0.247 e. The Morgan fingerprint density at radius 2 is 1.94 bits per heavy atom. The van der Waals surface area contributed by atoms with Crippen LogP contribution in [0.15, 0.2) is 73.2 Å². The number of nitrogens with zero attached hydrogens (tertiary/aromatic N) is 1. The fraction of sp³-hybridized carbons (Fsp3) is 0.192. The van der Waals surface area contributed by atoms with Crippen molar-refractivity contribution < 1.29 is 19.1 Å². The molecule has 2 amide bonds. The third kappa shape index (κ3) is 5.53. The zero-order valence-corrected chi connectivity index (χ0v) is 19.0. The van der Waals surface area contributed by atoms with Gasteiger partial charge in [0.05, 0.1) is 7.11 Å². The molecule has 0 aliphatic carbocycles. The summed E-state index contributed by atoms with van der Waals surface area (Å²) in [7, 11) is 1.55. The number of hydrogen-bond donors (Lipinski definition) is 3. The van der Waals surface area contributed by atoms with Crippen molar-refractivity contribution in [3.05, 3.63) is 84.3 Å². The minimum Gasteiger partial charge on any atom is -0.493 e. The van der Waals surface area contributed by atoms with Gasteiger partial charge in [0.25, 0.3) is 0 Å². The maximum absolute atomic E-state index is 13.1. The van der Waals surface area contributed by atoms with Crippen LogP contribution in [0.3, 0.4) is 0 Å². The van der Waals surface area contributed by atoms with Crippen LogP contribution in [0.4, 0.5) is 5.69 Å². The van der Waals surface area contributed by atoms with Crippen LogP contribution in [0.25, 0.3) is 10.9 Å². The van der Waals surface area contributed by atoms with Crippen LogP contribution in [-0.4, -0.2) is 34.9 Å². The molecule has 0 saturated heterocycles. The molecule has 0 radical (unpaired) electrons. The SMILES string of the molecule is COc1ccc(NC(=O)C(Cc2c[nH]c3ccccc23)NC(C)=O)cc1OCc1cccnc1. The van der Waals surface area contributed by atoms with E-state index in [9.17, 15) is 9.59 Å². The van der Waals surface area contributed by atoms with Gasteiger partial charge in [0.15, 0.2) is 11.5 Å². The number of hydrogen-bond acceptors (Lipinski definition) is 5. The highest BCUT2D eigenvalue weighted by atomic mass is 16.5. The summed E-state index contributed by atoms with van der Waals surface area (Å²) in [4.78, 5) is 32.2. The van der Waals surface area contributed by atoms with Crippen molar-refractivity contribution in [1.29, 1.82) is 0 Å². The topological polar surface area (TPSA) is 105 Å². The number of pyridine rings is 1. The van der Waals surface area contributed by atoms with Gasteiger partial charge in [-0.25, -0.2) is 0 Å². The van der Waals surface area contributed by atoms with Crippen molar-refractivity contribution in [2.24, 2.45) is 0 Å². The first-order valence-corrected chi connectivity index (χ1v) is 10.9. The van der Waals surface area contributed by atoms with Crippen LogP contribution >= 0.6 is 0 Å². The van der Waals surface area contributed by atoms with E-state index >= 15 is 0 Å². The molecule has 2 aromatic heterocycles. The molecule has 4 aromatic rings. The Morgan fingerprint density at radius 3 is 2.71 bits per heavy atom.